The third-order valence-electron chi connectivity index (χ3n) is 5.25. The lowest BCUT2D eigenvalue weighted by Crippen LogP contribution is -2.51. The Morgan fingerprint density at radius 1 is 1.13 bits per heavy atom. The summed E-state index contributed by atoms with van der Waals surface area (Å²) in [4.78, 5) is 18.0. The highest BCUT2D eigenvalue weighted by Gasteiger charge is 2.41. The van der Waals surface area contributed by atoms with Gasteiger partial charge >= 0.3 is 0 Å². The monoisotopic (exact) mass is 322 g/mol. The lowest BCUT2D eigenvalue weighted by Gasteiger charge is -2.28. The van der Waals surface area contributed by atoms with E-state index in [4.69, 9.17) is 4.74 Å². The molecule has 3 fully saturated rings. The van der Waals surface area contributed by atoms with Crippen molar-refractivity contribution in [3.8, 4) is 0 Å². The summed E-state index contributed by atoms with van der Waals surface area (Å²) in [6, 6.07) is 0.807. The fraction of sp³-hybridized carbons (Fsp3) is 0.882. The minimum atomic E-state index is 0.0268. The molecule has 130 valence electrons. The van der Waals surface area contributed by atoms with E-state index in [9.17, 15) is 4.79 Å². The third kappa shape index (κ3) is 4.37. The van der Waals surface area contributed by atoms with Gasteiger partial charge in [0.15, 0.2) is 5.96 Å². The van der Waals surface area contributed by atoms with E-state index < -0.39 is 0 Å². The molecule has 1 aliphatic carbocycles. The van der Waals surface area contributed by atoms with Gasteiger partial charge in [-0.05, 0) is 32.1 Å². The SMILES string of the molecule is CN(C)C(=O)CN=C(NC1CCCCC1)NC1CC2CCC1O2. The van der Waals surface area contributed by atoms with E-state index in [1.165, 1.54) is 38.5 Å². The van der Waals surface area contributed by atoms with E-state index in [2.05, 4.69) is 15.6 Å². The number of aliphatic imine (C=N–C) groups is 1. The van der Waals surface area contributed by atoms with Crippen LogP contribution in [0.25, 0.3) is 0 Å². The number of amides is 1. The molecule has 3 aliphatic rings. The molecule has 3 atom stereocenters. The van der Waals surface area contributed by atoms with Crippen molar-refractivity contribution in [3.05, 3.63) is 0 Å². The average molecular weight is 322 g/mol. The predicted octanol–water partition coefficient (Wildman–Crippen LogP) is 1.26. The molecule has 2 bridgehead atoms. The van der Waals surface area contributed by atoms with Gasteiger partial charge in [-0.2, -0.15) is 0 Å². The Balaban J connectivity index is 1.60. The number of nitrogens with zero attached hydrogens (tertiary/aromatic N) is 2. The van der Waals surface area contributed by atoms with E-state index in [1.54, 1.807) is 19.0 Å². The molecule has 23 heavy (non-hydrogen) atoms. The van der Waals surface area contributed by atoms with Gasteiger partial charge in [0.1, 0.15) is 6.54 Å². The standard InChI is InChI=1S/C17H30N4O2/c1-21(2)16(22)11-18-17(19-12-6-4-3-5-7-12)20-14-10-13-8-9-15(14)23-13/h12-15H,3-11H2,1-2H3,(H2,18,19,20). The van der Waals surface area contributed by atoms with Crippen molar-refractivity contribution in [1.82, 2.24) is 15.5 Å². The summed E-state index contributed by atoms with van der Waals surface area (Å²) in [5, 5.41) is 7.08. The first kappa shape index (κ1) is 16.6. The Labute approximate surface area is 139 Å². The number of fused-ring (bicyclic) bond motifs is 2. The molecule has 0 spiro atoms. The van der Waals surface area contributed by atoms with Crippen molar-refractivity contribution < 1.29 is 9.53 Å². The second-order valence-electron chi connectivity index (χ2n) is 7.29. The van der Waals surface area contributed by atoms with Crippen LogP contribution in [0.4, 0.5) is 0 Å². The van der Waals surface area contributed by atoms with Crippen molar-refractivity contribution in [1.29, 1.82) is 0 Å². The van der Waals surface area contributed by atoms with Gasteiger partial charge in [0.05, 0.1) is 18.2 Å². The van der Waals surface area contributed by atoms with E-state index in [-0.39, 0.29) is 12.5 Å². The summed E-state index contributed by atoms with van der Waals surface area (Å²) in [5.41, 5.74) is 0. The molecule has 2 aliphatic heterocycles. The molecule has 3 unspecified atom stereocenters. The maximum atomic E-state index is 11.8. The fourth-order valence-corrected chi connectivity index (χ4v) is 3.83. The second kappa shape index (κ2) is 7.51. The number of guanidine groups is 1. The van der Waals surface area contributed by atoms with E-state index in [0.29, 0.717) is 24.3 Å². The lowest BCUT2D eigenvalue weighted by molar-refractivity contribution is -0.127. The molecule has 1 saturated carbocycles. The van der Waals surface area contributed by atoms with Crippen LogP contribution in [0.2, 0.25) is 0 Å². The molecular weight excluding hydrogens is 292 g/mol. The van der Waals surface area contributed by atoms with Gasteiger partial charge in [0, 0.05) is 20.1 Å². The Morgan fingerprint density at radius 2 is 1.91 bits per heavy atom. The van der Waals surface area contributed by atoms with Crippen LogP contribution in [0.1, 0.15) is 51.4 Å². The average Bonchev–Trinajstić information content (AvgIpc) is 3.16. The molecule has 6 heteroatoms. The molecule has 1 amide bonds. The summed E-state index contributed by atoms with van der Waals surface area (Å²) in [6.07, 6.45) is 10.4. The minimum Gasteiger partial charge on any atom is -0.373 e. The van der Waals surface area contributed by atoms with Crippen molar-refractivity contribution in [2.24, 2.45) is 4.99 Å². The molecule has 0 aromatic rings. The Morgan fingerprint density at radius 3 is 2.52 bits per heavy atom. The highest BCUT2D eigenvalue weighted by atomic mass is 16.5. The second-order valence-corrected chi connectivity index (χ2v) is 7.29. The molecule has 0 aromatic heterocycles. The Kier molecular flexibility index (Phi) is 5.41. The fourth-order valence-electron chi connectivity index (χ4n) is 3.83. The number of hydrogen-bond acceptors (Lipinski definition) is 3. The first-order valence-electron chi connectivity index (χ1n) is 9.05. The molecule has 0 radical (unpaired) electrons. The van der Waals surface area contributed by atoms with Gasteiger partial charge < -0.3 is 20.3 Å². The first-order chi connectivity index (χ1) is 11.1. The van der Waals surface area contributed by atoms with Crippen LogP contribution in [-0.2, 0) is 9.53 Å². The number of carbonyl (C=O) groups is 1. The molecule has 2 heterocycles. The zero-order chi connectivity index (χ0) is 16.2. The summed E-state index contributed by atoms with van der Waals surface area (Å²) in [5.74, 6) is 0.812. The van der Waals surface area contributed by atoms with E-state index in [0.717, 1.165) is 18.8 Å². The number of rotatable bonds is 4. The van der Waals surface area contributed by atoms with Gasteiger partial charge in [-0.1, -0.05) is 19.3 Å². The lowest BCUT2D eigenvalue weighted by atomic mass is 9.95. The molecule has 2 N–H and O–H groups in total. The molecule has 3 rings (SSSR count). The zero-order valence-electron chi connectivity index (χ0n) is 14.4. The molecule has 2 saturated heterocycles. The highest BCUT2D eigenvalue weighted by molar-refractivity contribution is 5.85. The van der Waals surface area contributed by atoms with Gasteiger partial charge in [0.25, 0.3) is 0 Å². The van der Waals surface area contributed by atoms with Crippen molar-refractivity contribution in [2.45, 2.75) is 75.7 Å². The highest BCUT2D eigenvalue weighted by Crippen LogP contribution is 2.34. The van der Waals surface area contributed by atoms with E-state index >= 15 is 0 Å². The van der Waals surface area contributed by atoms with Crippen LogP contribution >= 0.6 is 0 Å². The van der Waals surface area contributed by atoms with Crippen LogP contribution in [0.5, 0.6) is 0 Å². The largest absolute Gasteiger partial charge is 0.373 e. The van der Waals surface area contributed by atoms with Crippen molar-refractivity contribution in [2.75, 3.05) is 20.6 Å². The first-order valence-corrected chi connectivity index (χ1v) is 9.05. The number of hydrogen-bond donors (Lipinski definition) is 2. The maximum Gasteiger partial charge on any atom is 0.243 e. The smallest absolute Gasteiger partial charge is 0.243 e. The molecule has 0 aromatic carbocycles. The summed E-state index contributed by atoms with van der Waals surface area (Å²) >= 11 is 0. The van der Waals surface area contributed by atoms with Crippen LogP contribution < -0.4 is 10.6 Å². The van der Waals surface area contributed by atoms with Gasteiger partial charge in [0.2, 0.25) is 5.91 Å². The van der Waals surface area contributed by atoms with E-state index in [1.807, 2.05) is 0 Å². The summed E-state index contributed by atoms with van der Waals surface area (Å²) in [6.45, 7) is 0.191. The Hall–Kier alpha value is -1.30. The third-order valence-corrected chi connectivity index (χ3v) is 5.25. The van der Waals surface area contributed by atoms with Crippen LogP contribution in [0, 0.1) is 0 Å². The summed E-state index contributed by atoms with van der Waals surface area (Å²) < 4.78 is 5.92. The zero-order valence-corrected chi connectivity index (χ0v) is 14.4. The summed E-state index contributed by atoms with van der Waals surface area (Å²) in [7, 11) is 3.53. The van der Waals surface area contributed by atoms with Crippen LogP contribution in [-0.4, -0.2) is 61.7 Å². The van der Waals surface area contributed by atoms with Gasteiger partial charge in [-0.3, -0.25) is 4.79 Å². The quantitative estimate of drug-likeness (QED) is 0.604. The Bertz CT molecular complexity index is 446. The minimum absolute atomic E-state index is 0.0268. The van der Waals surface area contributed by atoms with Gasteiger partial charge in [-0.25, -0.2) is 4.99 Å². The van der Waals surface area contributed by atoms with Crippen LogP contribution in [0.15, 0.2) is 4.99 Å². The van der Waals surface area contributed by atoms with Crippen molar-refractivity contribution in [3.63, 3.8) is 0 Å². The number of nitrogens with one attached hydrogen (secondary N) is 2. The number of carbonyl (C=O) groups excluding carboxylic acids is 1. The van der Waals surface area contributed by atoms with Crippen LogP contribution in [0.3, 0.4) is 0 Å². The number of ether oxygens (including phenoxy) is 1. The maximum absolute atomic E-state index is 11.8. The molecule has 6 nitrogen and oxygen atoms in total. The van der Waals surface area contributed by atoms with Gasteiger partial charge in [-0.15, -0.1) is 0 Å². The molecular formula is C17H30N4O2. The normalized spacial score (nSPS) is 31.2. The topological polar surface area (TPSA) is 66.0 Å². The van der Waals surface area contributed by atoms with Crippen molar-refractivity contribution >= 4 is 11.9 Å². The predicted molar refractivity (Wildman–Crippen MR) is 90.4 cm³/mol. The number of likely N-dealkylation sites (N-methyl/N-ethyl adjacent to an activating group) is 1.